The van der Waals surface area contributed by atoms with Gasteiger partial charge in [0.25, 0.3) is 5.69 Å². The zero-order chi connectivity index (χ0) is 22.1. The molecule has 0 unspecified atom stereocenters. The maximum absolute atomic E-state index is 12.2. The molecule has 0 spiro atoms. The van der Waals surface area contributed by atoms with Crippen LogP contribution in [-0.2, 0) is 27.3 Å². The quantitative estimate of drug-likeness (QED) is 0.374. The van der Waals surface area contributed by atoms with E-state index >= 15 is 0 Å². The van der Waals surface area contributed by atoms with Crippen molar-refractivity contribution in [1.82, 2.24) is 5.32 Å². The summed E-state index contributed by atoms with van der Waals surface area (Å²) < 4.78 is 20.1. The van der Waals surface area contributed by atoms with Crippen LogP contribution in [0.2, 0.25) is 0 Å². The zero-order valence-corrected chi connectivity index (χ0v) is 16.7. The Kier molecular flexibility index (Phi) is 7.98. The van der Waals surface area contributed by atoms with Crippen molar-refractivity contribution in [3.8, 4) is 11.5 Å². The van der Waals surface area contributed by atoms with E-state index < -0.39 is 23.0 Å². The van der Waals surface area contributed by atoms with E-state index in [1.165, 1.54) is 26.4 Å². The number of hydrogen-bond donors (Lipinski definition) is 1. The summed E-state index contributed by atoms with van der Waals surface area (Å²) in [6, 6.07) is 10.3. The first-order valence-electron chi connectivity index (χ1n) is 8.84. The minimum absolute atomic E-state index is 0.00290. The monoisotopic (exact) mass is 418 g/mol. The van der Waals surface area contributed by atoms with Crippen LogP contribution in [0.15, 0.2) is 42.5 Å². The van der Waals surface area contributed by atoms with Gasteiger partial charge in [-0.05, 0) is 11.6 Å². The van der Waals surface area contributed by atoms with E-state index in [1.807, 2.05) is 6.07 Å². The highest BCUT2D eigenvalue weighted by atomic mass is 16.6. The van der Waals surface area contributed by atoms with Gasteiger partial charge in [-0.15, -0.1) is 0 Å². The molecule has 2 aromatic rings. The Morgan fingerprint density at radius 3 is 2.27 bits per heavy atom. The lowest BCUT2D eigenvalue weighted by atomic mass is 10.0. The fourth-order valence-corrected chi connectivity index (χ4v) is 2.71. The van der Waals surface area contributed by atoms with Crippen molar-refractivity contribution < 1.29 is 33.5 Å². The summed E-state index contributed by atoms with van der Waals surface area (Å²) in [5, 5.41) is 13.9. The first-order chi connectivity index (χ1) is 14.4. The minimum Gasteiger partial charge on any atom is -0.493 e. The fourth-order valence-electron chi connectivity index (χ4n) is 2.71. The predicted octanol–water partition coefficient (Wildman–Crippen LogP) is 2.62. The van der Waals surface area contributed by atoms with Crippen molar-refractivity contribution in [1.29, 1.82) is 0 Å². The topological polar surface area (TPSA) is 126 Å². The van der Waals surface area contributed by atoms with Crippen LogP contribution in [0.25, 0.3) is 0 Å². The Balaban J connectivity index is 2.20. The molecule has 0 saturated carbocycles. The molecule has 160 valence electrons. The van der Waals surface area contributed by atoms with Gasteiger partial charge in [0.2, 0.25) is 0 Å². The van der Waals surface area contributed by atoms with Crippen LogP contribution in [0.4, 0.5) is 10.5 Å². The molecule has 0 radical (unpaired) electrons. The van der Waals surface area contributed by atoms with Gasteiger partial charge >= 0.3 is 12.1 Å². The molecule has 2 aromatic carbocycles. The summed E-state index contributed by atoms with van der Waals surface area (Å²) in [5.41, 5.74) is 0.621. The van der Waals surface area contributed by atoms with E-state index in [-0.39, 0.29) is 35.8 Å². The van der Waals surface area contributed by atoms with Gasteiger partial charge < -0.3 is 24.3 Å². The van der Waals surface area contributed by atoms with E-state index in [0.29, 0.717) is 0 Å². The Bertz CT molecular complexity index is 901. The van der Waals surface area contributed by atoms with Crippen LogP contribution in [0.3, 0.4) is 0 Å². The number of ether oxygens (including phenoxy) is 4. The molecule has 0 aliphatic heterocycles. The lowest BCUT2D eigenvalue weighted by Gasteiger charge is -2.17. The highest BCUT2D eigenvalue weighted by Gasteiger charge is 2.28. The predicted molar refractivity (Wildman–Crippen MR) is 105 cm³/mol. The van der Waals surface area contributed by atoms with Crippen LogP contribution in [-0.4, -0.2) is 44.4 Å². The van der Waals surface area contributed by atoms with Crippen molar-refractivity contribution >= 4 is 17.7 Å². The molecule has 30 heavy (non-hydrogen) atoms. The van der Waals surface area contributed by atoms with Gasteiger partial charge in [-0.2, -0.15) is 0 Å². The summed E-state index contributed by atoms with van der Waals surface area (Å²) >= 11 is 0. The number of carbonyl (C=O) groups is 2. The third-order valence-corrected chi connectivity index (χ3v) is 4.20. The molecule has 1 amide bonds. The number of esters is 1. The molecule has 0 aliphatic carbocycles. The van der Waals surface area contributed by atoms with Gasteiger partial charge in [-0.3, -0.25) is 10.1 Å². The number of nitrogens with zero attached hydrogens (tertiary/aromatic N) is 1. The molecule has 2 rings (SSSR count). The average Bonchev–Trinajstić information content (AvgIpc) is 2.76. The molecule has 0 bridgehead atoms. The van der Waals surface area contributed by atoms with E-state index in [9.17, 15) is 19.7 Å². The summed E-state index contributed by atoms with van der Waals surface area (Å²) in [6.45, 7) is -0.00290. The molecule has 1 N–H and O–H groups in total. The van der Waals surface area contributed by atoms with E-state index in [0.717, 1.165) is 12.7 Å². The lowest BCUT2D eigenvalue weighted by Crippen LogP contribution is -2.43. The largest absolute Gasteiger partial charge is 0.493 e. The number of rotatable bonds is 9. The fraction of sp³-hybridized carbons (Fsp3) is 0.300. The third-order valence-electron chi connectivity index (χ3n) is 4.20. The number of benzene rings is 2. The summed E-state index contributed by atoms with van der Waals surface area (Å²) in [6.07, 6.45) is -1.08. The number of hydrogen-bond acceptors (Lipinski definition) is 8. The molecule has 10 heteroatoms. The van der Waals surface area contributed by atoms with Crippen LogP contribution >= 0.6 is 0 Å². The van der Waals surface area contributed by atoms with Crippen molar-refractivity contribution in [2.75, 3.05) is 21.3 Å². The summed E-state index contributed by atoms with van der Waals surface area (Å²) in [4.78, 5) is 35.2. The number of alkyl carbamates (subject to hydrolysis) is 1. The molecular weight excluding hydrogens is 396 g/mol. The standard InChI is InChI=1S/C20H22N2O8/c1-27-17-10-14(16(22(25)26)11-18(17)28-2)9-15(19(23)29-3)21-20(24)30-12-13-7-5-4-6-8-13/h4-8,10-11,15H,9,12H2,1-3H3,(H,21,24)/t15-/m0/s1. The van der Waals surface area contributed by atoms with Crippen LogP contribution in [0, 0.1) is 10.1 Å². The normalized spacial score (nSPS) is 11.2. The minimum atomic E-state index is -1.21. The number of nitrogens with one attached hydrogen (secondary N) is 1. The van der Waals surface area contributed by atoms with Crippen LogP contribution in [0.5, 0.6) is 11.5 Å². The number of methoxy groups -OCH3 is 3. The van der Waals surface area contributed by atoms with Gasteiger partial charge in [0.1, 0.15) is 12.6 Å². The van der Waals surface area contributed by atoms with E-state index in [4.69, 9.17) is 18.9 Å². The number of nitro groups is 1. The highest BCUT2D eigenvalue weighted by Crippen LogP contribution is 2.35. The van der Waals surface area contributed by atoms with Gasteiger partial charge in [0.15, 0.2) is 11.5 Å². The SMILES string of the molecule is COC(=O)[C@H](Cc1cc(OC)c(OC)cc1[N+](=O)[O-])NC(=O)OCc1ccccc1. The Morgan fingerprint density at radius 1 is 1.07 bits per heavy atom. The first-order valence-corrected chi connectivity index (χ1v) is 8.84. The zero-order valence-electron chi connectivity index (χ0n) is 16.7. The molecule has 10 nitrogen and oxygen atoms in total. The van der Waals surface area contributed by atoms with Crippen molar-refractivity contribution in [3.63, 3.8) is 0 Å². The maximum Gasteiger partial charge on any atom is 0.408 e. The van der Waals surface area contributed by atoms with E-state index in [2.05, 4.69) is 5.32 Å². The molecule has 0 aromatic heterocycles. The van der Waals surface area contributed by atoms with Crippen molar-refractivity contribution in [3.05, 3.63) is 63.7 Å². The molecule has 1 atom stereocenters. The average molecular weight is 418 g/mol. The first kappa shape index (κ1) is 22.5. The Hall–Kier alpha value is -3.82. The number of carbonyl (C=O) groups excluding carboxylic acids is 2. The van der Waals surface area contributed by atoms with Gasteiger partial charge in [0, 0.05) is 12.0 Å². The second-order valence-electron chi connectivity index (χ2n) is 6.08. The number of nitro benzene ring substituents is 1. The Morgan fingerprint density at radius 2 is 1.70 bits per heavy atom. The smallest absolute Gasteiger partial charge is 0.408 e. The van der Waals surface area contributed by atoms with Crippen molar-refractivity contribution in [2.24, 2.45) is 0 Å². The Labute approximate surface area is 172 Å². The number of amides is 1. The van der Waals surface area contributed by atoms with Gasteiger partial charge in [-0.1, -0.05) is 30.3 Å². The summed E-state index contributed by atoms with van der Waals surface area (Å²) in [5.74, 6) is -0.373. The molecule has 0 fully saturated rings. The molecule has 0 saturated heterocycles. The van der Waals surface area contributed by atoms with Crippen LogP contribution in [0.1, 0.15) is 11.1 Å². The second kappa shape index (κ2) is 10.6. The van der Waals surface area contributed by atoms with Crippen molar-refractivity contribution in [2.45, 2.75) is 19.1 Å². The highest BCUT2D eigenvalue weighted by molar-refractivity contribution is 5.81. The van der Waals surface area contributed by atoms with Crippen LogP contribution < -0.4 is 14.8 Å². The summed E-state index contributed by atoms with van der Waals surface area (Å²) in [7, 11) is 3.88. The maximum atomic E-state index is 12.2. The lowest BCUT2D eigenvalue weighted by molar-refractivity contribution is -0.385. The van der Waals surface area contributed by atoms with E-state index in [1.54, 1.807) is 24.3 Å². The van der Waals surface area contributed by atoms with Gasteiger partial charge in [0.05, 0.1) is 32.3 Å². The molecular formula is C20H22N2O8. The molecule has 0 aliphatic rings. The third kappa shape index (κ3) is 5.84. The van der Waals surface area contributed by atoms with Gasteiger partial charge in [-0.25, -0.2) is 9.59 Å². The molecule has 0 heterocycles. The second-order valence-corrected chi connectivity index (χ2v) is 6.08.